The van der Waals surface area contributed by atoms with Gasteiger partial charge in [-0.05, 0) is 31.3 Å². The van der Waals surface area contributed by atoms with Crippen LogP contribution in [0.2, 0.25) is 0 Å². The van der Waals surface area contributed by atoms with Crippen LogP contribution in [0.15, 0.2) is 0 Å². The van der Waals surface area contributed by atoms with Gasteiger partial charge in [-0.2, -0.15) is 13.2 Å². The molecule has 2 rings (SSSR count). The van der Waals surface area contributed by atoms with E-state index < -0.39 is 12.7 Å². The van der Waals surface area contributed by atoms with Gasteiger partial charge in [-0.3, -0.25) is 4.90 Å². The van der Waals surface area contributed by atoms with Crippen LogP contribution in [-0.4, -0.2) is 43.3 Å². The molecule has 0 aromatic carbocycles. The lowest BCUT2D eigenvalue weighted by molar-refractivity contribution is -0.148. The first-order valence-corrected chi connectivity index (χ1v) is 5.53. The third-order valence-electron chi connectivity index (χ3n) is 3.62. The lowest BCUT2D eigenvalue weighted by Gasteiger charge is -2.27. The van der Waals surface area contributed by atoms with Crippen LogP contribution in [0.25, 0.3) is 0 Å². The van der Waals surface area contributed by atoms with Gasteiger partial charge in [0.2, 0.25) is 0 Å². The Hall–Kier alpha value is -0.290. The van der Waals surface area contributed by atoms with Crippen molar-refractivity contribution in [1.29, 1.82) is 0 Å². The normalized spacial score (nSPS) is 37.2. The molecule has 0 aromatic rings. The number of hydrogen-bond donors (Lipinski definition) is 1. The Morgan fingerprint density at radius 2 is 2.07 bits per heavy atom. The Kier molecular flexibility index (Phi) is 2.94. The molecule has 2 fully saturated rings. The molecule has 2 aliphatic heterocycles. The van der Waals surface area contributed by atoms with Crippen molar-refractivity contribution in [3.63, 3.8) is 0 Å². The average molecular weight is 222 g/mol. The second kappa shape index (κ2) is 3.94. The van der Waals surface area contributed by atoms with Crippen molar-refractivity contribution in [2.24, 2.45) is 11.8 Å². The summed E-state index contributed by atoms with van der Waals surface area (Å²) in [6, 6.07) is 0.117. The number of alkyl halides is 3. The number of likely N-dealkylation sites (tertiary alicyclic amines) is 1. The molecule has 2 saturated heterocycles. The maximum Gasteiger partial charge on any atom is 0.401 e. The van der Waals surface area contributed by atoms with Crippen LogP contribution >= 0.6 is 0 Å². The highest BCUT2D eigenvalue weighted by molar-refractivity contribution is 4.98. The molecular weight excluding hydrogens is 205 g/mol. The minimum atomic E-state index is -4.06. The predicted molar refractivity (Wildman–Crippen MR) is 51.6 cm³/mol. The van der Waals surface area contributed by atoms with Crippen molar-refractivity contribution >= 4 is 0 Å². The maximum atomic E-state index is 12.3. The number of fused-ring (bicyclic) bond motifs is 1. The molecule has 2 nitrogen and oxygen atoms in total. The van der Waals surface area contributed by atoms with Crippen LogP contribution < -0.4 is 5.32 Å². The van der Waals surface area contributed by atoms with E-state index in [-0.39, 0.29) is 6.04 Å². The standard InChI is InChI=1S/C10H17F3N2/c1-2-9-8-4-14-3-7(8)5-15(9)6-10(11,12)13/h7-9,14H,2-6H2,1H3. The van der Waals surface area contributed by atoms with E-state index in [1.54, 1.807) is 4.90 Å². The quantitative estimate of drug-likeness (QED) is 0.761. The van der Waals surface area contributed by atoms with Gasteiger partial charge in [-0.25, -0.2) is 0 Å². The molecular formula is C10H17F3N2. The lowest BCUT2D eigenvalue weighted by atomic mass is 9.93. The van der Waals surface area contributed by atoms with Crippen LogP contribution in [0.5, 0.6) is 0 Å². The Morgan fingerprint density at radius 1 is 1.33 bits per heavy atom. The van der Waals surface area contributed by atoms with E-state index in [9.17, 15) is 13.2 Å². The first kappa shape index (κ1) is 11.2. The topological polar surface area (TPSA) is 15.3 Å². The van der Waals surface area contributed by atoms with Gasteiger partial charge in [0.05, 0.1) is 6.54 Å². The minimum Gasteiger partial charge on any atom is -0.316 e. The molecule has 0 aliphatic carbocycles. The fourth-order valence-corrected chi connectivity index (χ4v) is 3.08. The second-order valence-electron chi connectivity index (χ2n) is 4.60. The molecule has 0 aromatic heterocycles. The number of halogens is 3. The average Bonchev–Trinajstić information content (AvgIpc) is 2.60. The number of hydrogen-bond acceptors (Lipinski definition) is 2. The van der Waals surface area contributed by atoms with Gasteiger partial charge in [0.1, 0.15) is 0 Å². The van der Waals surface area contributed by atoms with E-state index >= 15 is 0 Å². The smallest absolute Gasteiger partial charge is 0.316 e. The van der Waals surface area contributed by atoms with Crippen LogP contribution in [0.3, 0.4) is 0 Å². The largest absolute Gasteiger partial charge is 0.401 e. The van der Waals surface area contributed by atoms with Gasteiger partial charge in [0.25, 0.3) is 0 Å². The van der Waals surface area contributed by atoms with Crippen LogP contribution in [0, 0.1) is 11.8 Å². The van der Waals surface area contributed by atoms with Gasteiger partial charge in [-0.15, -0.1) is 0 Å². The van der Waals surface area contributed by atoms with Gasteiger partial charge >= 0.3 is 6.18 Å². The van der Waals surface area contributed by atoms with Crippen LogP contribution in [0.4, 0.5) is 13.2 Å². The van der Waals surface area contributed by atoms with Gasteiger partial charge in [0.15, 0.2) is 0 Å². The Bertz CT molecular complexity index is 229. The summed E-state index contributed by atoms with van der Waals surface area (Å²) in [5.74, 6) is 0.856. The first-order valence-electron chi connectivity index (χ1n) is 5.53. The summed E-state index contributed by atoms with van der Waals surface area (Å²) < 4.78 is 37.0. The number of nitrogens with zero attached hydrogens (tertiary/aromatic N) is 1. The summed E-state index contributed by atoms with van der Waals surface area (Å²) in [7, 11) is 0. The van der Waals surface area contributed by atoms with Gasteiger partial charge < -0.3 is 5.32 Å². The molecule has 3 atom stereocenters. The Labute approximate surface area is 87.8 Å². The van der Waals surface area contributed by atoms with Crippen LogP contribution in [0.1, 0.15) is 13.3 Å². The van der Waals surface area contributed by atoms with Crippen molar-refractivity contribution in [3.05, 3.63) is 0 Å². The van der Waals surface area contributed by atoms with E-state index in [0.29, 0.717) is 18.4 Å². The molecule has 0 radical (unpaired) electrons. The summed E-state index contributed by atoms with van der Waals surface area (Å²) >= 11 is 0. The van der Waals surface area contributed by atoms with Crippen molar-refractivity contribution in [1.82, 2.24) is 10.2 Å². The highest BCUT2D eigenvalue weighted by Gasteiger charge is 2.46. The molecule has 1 N–H and O–H groups in total. The fourth-order valence-electron chi connectivity index (χ4n) is 3.08. The third kappa shape index (κ3) is 2.28. The maximum absolute atomic E-state index is 12.3. The minimum absolute atomic E-state index is 0.117. The summed E-state index contributed by atoms with van der Waals surface area (Å²) in [6.07, 6.45) is -3.24. The van der Waals surface area contributed by atoms with Crippen molar-refractivity contribution in [2.75, 3.05) is 26.2 Å². The molecule has 0 amide bonds. The van der Waals surface area contributed by atoms with Crippen molar-refractivity contribution in [2.45, 2.75) is 25.6 Å². The molecule has 5 heteroatoms. The fraction of sp³-hybridized carbons (Fsp3) is 1.00. The van der Waals surface area contributed by atoms with Gasteiger partial charge in [0, 0.05) is 12.6 Å². The Morgan fingerprint density at radius 3 is 2.67 bits per heavy atom. The van der Waals surface area contributed by atoms with E-state index in [2.05, 4.69) is 5.32 Å². The van der Waals surface area contributed by atoms with Crippen molar-refractivity contribution in [3.8, 4) is 0 Å². The van der Waals surface area contributed by atoms with E-state index in [0.717, 1.165) is 19.5 Å². The summed E-state index contributed by atoms with van der Waals surface area (Å²) in [5, 5.41) is 3.26. The molecule has 0 saturated carbocycles. The molecule has 2 heterocycles. The molecule has 0 spiro atoms. The molecule has 15 heavy (non-hydrogen) atoms. The molecule has 3 unspecified atom stereocenters. The molecule has 0 bridgehead atoms. The highest BCUT2D eigenvalue weighted by Crippen LogP contribution is 2.35. The van der Waals surface area contributed by atoms with Crippen molar-refractivity contribution < 1.29 is 13.2 Å². The van der Waals surface area contributed by atoms with Gasteiger partial charge in [-0.1, -0.05) is 6.92 Å². The zero-order valence-electron chi connectivity index (χ0n) is 8.85. The van der Waals surface area contributed by atoms with E-state index in [1.807, 2.05) is 6.92 Å². The molecule has 2 aliphatic rings. The lowest BCUT2D eigenvalue weighted by Crippen LogP contribution is -2.41. The number of nitrogens with one attached hydrogen (secondary N) is 1. The second-order valence-corrected chi connectivity index (χ2v) is 4.60. The first-order chi connectivity index (χ1) is 7.01. The summed E-state index contributed by atoms with van der Waals surface area (Å²) in [4.78, 5) is 1.62. The third-order valence-corrected chi connectivity index (χ3v) is 3.62. The van der Waals surface area contributed by atoms with E-state index in [1.165, 1.54) is 0 Å². The zero-order chi connectivity index (χ0) is 11.1. The zero-order valence-corrected chi connectivity index (χ0v) is 8.85. The highest BCUT2D eigenvalue weighted by atomic mass is 19.4. The SMILES string of the molecule is CCC1C2CNCC2CN1CC(F)(F)F. The Balaban J connectivity index is 2.01. The predicted octanol–water partition coefficient (Wildman–Crippen LogP) is 1.48. The van der Waals surface area contributed by atoms with Crippen LogP contribution in [-0.2, 0) is 0 Å². The number of rotatable bonds is 2. The summed E-state index contributed by atoms with van der Waals surface area (Å²) in [6.45, 7) is 3.62. The molecule has 88 valence electrons. The summed E-state index contributed by atoms with van der Waals surface area (Å²) in [5.41, 5.74) is 0. The van der Waals surface area contributed by atoms with E-state index in [4.69, 9.17) is 0 Å². The monoisotopic (exact) mass is 222 g/mol.